The molecule has 0 bridgehead atoms. The summed E-state index contributed by atoms with van der Waals surface area (Å²) in [5.41, 5.74) is 1.88. The van der Waals surface area contributed by atoms with Crippen molar-refractivity contribution in [3.63, 3.8) is 0 Å². The van der Waals surface area contributed by atoms with Crippen LogP contribution in [0.15, 0.2) is 48.5 Å². The van der Waals surface area contributed by atoms with E-state index in [1.807, 2.05) is 13.0 Å². The first-order valence-corrected chi connectivity index (χ1v) is 10.6. The molecule has 0 radical (unpaired) electrons. The fourth-order valence-corrected chi connectivity index (χ4v) is 3.39. The second-order valence-corrected chi connectivity index (χ2v) is 7.38. The Balaban J connectivity index is 0.000000244. The highest BCUT2D eigenvalue weighted by Gasteiger charge is 2.29. The Bertz CT molecular complexity index is 916. The Labute approximate surface area is 187 Å². The van der Waals surface area contributed by atoms with Gasteiger partial charge in [0.25, 0.3) is 0 Å². The molecule has 1 fully saturated rings. The molecule has 172 valence electrons. The Morgan fingerprint density at radius 3 is 2.44 bits per heavy atom. The number of ether oxygens (including phenoxy) is 1. The summed E-state index contributed by atoms with van der Waals surface area (Å²) < 4.78 is 5.14. The molecule has 32 heavy (non-hydrogen) atoms. The van der Waals surface area contributed by atoms with Crippen molar-refractivity contribution in [3.8, 4) is 0 Å². The van der Waals surface area contributed by atoms with Crippen LogP contribution in [0.4, 0.5) is 0 Å². The maximum atomic E-state index is 11.9. The zero-order valence-electron chi connectivity index (χ0n) is 18.4. The lowest BCUT2D eigenvalue weighted by Gasteiger charge is -2.34. The number of hydrogen-bond donors (Lipinski definition) is 3. The number of carboxylic acid groups (broad SMARTS) is 2. The number of carbonyl (C=O) groups is 3. The number of rotatable bonds is 7. The van der Waals surface area contributed by atoms with Crippen LogP contribution >= 0.6 is 0 Å². The molecule has 2 aromatic rings. The van der Waals surface area contributed by atoms with E-state index in [0.717, 1.165) is 32.1 Å². The van der Waals surface area contributed by atoms with Gasteiger partial charge in [-0.2, -0.15) is 0 Å². The smallest absolute Gasteiger partial charge is 0.335 e. The number of benzene rings is 2. The van der Waals surface area contributed by atoms with Gasteiger partial charge in [-0.25, -0.2) is 9.59 Å². The van der Waals surface area contributed by atoms with E-state index >= 15 is 0 Å². The van der Waals surface area contributed by atoms with E-state index in [4.69, 9.17) is 14.9 Å². The minimum absolute atomic E-state index is 0.0111. The maximum absolute atomic E-state index is 11.9. The molecule has 1 aliphatic rings. The van der Waals surface area contributed by atoms with E-state index in [1.165, 1.54) is 17.7 Å². The van der Waals surface area contributed by atoms with Crippen LogP contribution in [0.2, 0.25) is 0 Å². The summed E-state index contributed by atoms with van der Waals surface area (Å²) in [5, 5.41) is 20.5. The van der Waals surface area contributed by atoms with Crippen molar-refractivity contribution in [1.82, 2.24) is 10.2 Å². The van der Waals surface area contributed by atoms with Gasteiger partial charge in [0.05, 0.1) is 17.7 Å². The monoisotopic (exact) mass is 442 g/mol. The van der Waals surface area contributed by atoms with Gasteiger partial charge in [-0.1, -0.05) is 36.4 Å². The number of piperazine rings is 1. The summed E-state index contributed by atoms with van der Waals surface area (Å²) in [6.45, 7) is 7.34. The zero-order valence-corrected chi connectivity index (χ0v) is 18.4. The van der Waals surface area contributed by atoms with Crippen LogP contribution in [-0.2, 0) is 16.0 Å². The van der Waals surface area contributed by atoms with Gasteiger partial charge in [0.2, 0.25) is 0 Å². The largest absolute Gasteiger partial charge is 0.478 e. The molecular weight excluding hydrogens is 412 g/mol. The highest BCUT2D eigenvalue weighted by Crippen LogP contribution is 2.11. The van der Waals surface area contributed by atoms with Gasteiger partial charge in [0.1, 0.15) is 6.04 Å². The lowest BCUT2D eigenvalue weighted by Crippen LogP contribution is -2.55. The Morgan fingerprint density at radius 1 is 1.09 bits per heavy atom. The van der Waals surface area contributed by atoms with E-state index < -0.39 is 11.9 Å². The van der Waals surface area contributed by atoms with Gasteiger partial charge in [-0.3, -0.25) is 9.69 Å². The summed E-state index contributed by atoms with van der Waals surface area (Å²) in [6.07, 6.45) is 0.969. The van der Waals surface area contributed by atoms with Crippen LogP contribution in [0.5, 0.6) is 0 Å². The Kier molecular flexibility index (Phi) is 9.84. The van der Waals surface area contributed by atoms with Crippen LogP contribution < -0.4 is 5.32 Å². The van der Waals surface area contributed by atoms with Crippen LogP contribution in [0.1, 0.15) is 38.8 Å². The molecule has 8 nitrogen and oxygen atoms in total. The number of esters is 1. The lowest BCUT2D eigenvalue weighted by atomic mass is 10.1. The quantitative estimate of drug-likeness (QED) is 0.560. The average Bonchev–Trinajstić information content (AvgIpc) is 2.79. The van der Waals surface area contributed by atoms with Crippen molar-refractivity contribution in [2.45, 2.75) is 26.3 Å². The second-order valence-electron chi connectivity index (χ2n) is 7.38. The minimum Gasteiger partial charge on any atom is -0.478 e. The van der Waals surface area contributed by atoms with E-state index in [1.54, 1.807) is 6.92 Å². The van der Waals surface area contributed by atoms with Gasteiger partial charge in [0.15, 0.2) is 0 Å². The van der Waals surface area contributed by atoms with Crippen molar-refractivity contribution < 1.29 is 29.3 Å². The lowest BCUT2D eigenvalue weighted by molar-refractivity contribution is -0.150. The van der Waals surface area contributed by atoms with E-state index in [2.05, 4.69) is 34.5 Å². The number of nitrogens with zero attached hydrogens (tertiary/aromatic N) is 1. The van der Waals surface area contributed by atoms with Crippen LogP contribution in [-0.4, -0.2) is 71.8 Å². The standard InChI is InChI=1S/C15H22N2O2.C9H8O4/c1-2-19-15(18)14-12-16-9-11-17(14)10-8-13-6-4-3-5-7-13;1-5-2-3-6(8(10)11)4-7(5)9(12)13/h3-7,14,16H,2,8-12H2,1H3;2-4H,1H3,(H,10,11)(H,12,13). The molecule has 0 aromatic heterocycles. The highest BCUT2D eigenvalue weighted by atomic mass is 16.5. The van der Waals surface area contributed by atoms with Gasteiger partial charge in [-0.05, 0) is 43.5 Å². The van der Waals surface area contributed by atoms with Gasteiger partial charge in [-0.15, -0.1) is 0 Å². The first-order chi connectivity index (χ1) is 15.3. The number of aryl methyl sites for hydroxylation is 1. The van der Waals surface area contributed by atoms with Crippen molar-refractivity contribution in [2.75, 3.05) is 32.8 Å². The van der Waals surface area contributed by atoms with Crippen molar-refractivity contribution in [1.29, 1.82) is 0 Å². The predicted octanol–water partition coefficient (Wildman–Crippen LogP) is 2.46. The third kappa shape index (κ3) is 7.47. The molecular formula is C24H30N2O6. The van der Waals surface area contributed by atoms with E-state index in [9.17, 15) is 14.4 Å². The van der Waals surface area contributed by atoms with Crippen LogP contribution in [0.25, 0.3) is 0 Å². The summed E-state index contributed by atoms with van der Waals surface area (Å²) in [5.74, 6) is -2.34. The molecule has 0 amide bonds. The Morgan fingerprint density at radius 2 is 1.81 bits per heavy atom. The maximum Gasteiger partial charge on any atom is 0.335 e. The van der Waals surface area contributed by atoms with E-state index in [0.29, 0.717) is 18.7 Å². The fraction of sp³-hybridized carbons (Fsp3) is 0.375. The molecule has 1 atom stereocenters. The molecule has 3 N–H and O–H groups in total. The number of carboxylic acids is 2. The topological polar surface area (TPSA) is 116 Å². The molecule has 0 saturated carbocycles. The molecule has 0 spiro atoms. The molecule has 0 aliphatic carbocycles. The van der Waals surface area contributed by atoms with Gasteiger partial charge in [0, 0.05) is 26.2 Å². The second kappa shape index (κ2) is 12.6. The average molecular weight is 443 g/mol. The summed E-state index contributed by atoms with van der Waals surface area (Å²) in [7, 11) is 0. The molecule has 3 rings (SSSR count). The van der Waals surface area contributed by atoms with Gasteiger partial charge >= 0.3 is 17.9 Å². The third-order valence-electron chi connectivity index (χ3n) is 5.16. The molecule has 8 heteroatoms. The van der Waals surface area contributed by atoms with Crippen molar-refractivity contribution >= 4 is 17.9 Å². The normalized spacial score (nSPS) is 15.9. The molecule has 1 saturated heterocycles. The molecule has 1 heterocycles. The summed E-state index contributed by atoms with van der Waals surface area (Å²) >= 11 is 0. The van der Waals surface area contributed by atoms with Crippen LogP contribution in [0, 0.1) is 6.92 Å². The van der Waals surface area contributed by atoms with Gasteiger partial charge < -0.3 is 20.3 Å². The first kappa shape index (κ1) is 25.0. The predicted molar refractivity (Wildman–Crippen MR) is 120 cm³/mol. The van der Waals surface area contributed by atoms with Crippen molar-refractivity contribution in [2.24, 2.45) is 0 Å². The molecule has 1 aliphatic heterocycles. The first-order valence-electron chi connectivity index (χ1n) is 10.6. The SMILES string of the molecule is CCOC(=O)C1CNCCN1CCc1ccccc1.Cc1ccc(C(=O)O)cc1C(=O)O. The summed E-state index contributed by atoms with van der Waals surface area (Å²) in [4.78, 5) is 35.2. The number of aromatic carboxylic acids is 2. The number of hydrogen-bond acceptors (Lipinski definition) is 6. The third-order valence-corrected chi connectivity index (χ3v) is 5.16. The highest BCUT2D eigenvalue weighted by molar-refractivity contribution is 5.94. The zero-order chi connectivity index (χ0) is 23.5. The van der Waals surface area contributed by atoms with E-state index in [-0.39, 0.29) is 23.1 Å². The Hall–Kier alpha value is -3.23. The fourth-order valence-electron chi connectivity index (χ4n) is 3.39. The molecule has 2 aromatic carbocycles. The number of nitrogens with one attached hydrogen (secondary N) is 1. The molecule has 1 unspecified atom stereocenters. The van der Waals surface area contributed by atoms with Crippen LogP contribution in [0.3, 0.4) is 0 Å². The summed E-state index contributed by atoms with van der Waals surface area (Å²) in [6, 6.07) is 14.2. The minimum atomic E-state index is -1.12. The van der Waals surface area contributed by atoms with Crippen molar-refractivity contribution in [3.05, 3.63) is 70.8 Å². The number of carbonyl (C=O) groups excluding carboxylic acids is 1.